The zero-order valence-electron chi connectivity index (χ0n) is 17.8. The molecule has 0 saturated carbocycles. The van der Waals surface area contributed by atoms with Crippen molar-refractivity contribution in [3.8, 4) is 11.5 Å². The van der Waals surface area contributed by atoms with E-state index in [1.54, 1.807) is 14.2 Å². The van der Waals surface area contributed by atoms with Gasteiger partial charge in [0.2, 0.25) is 0 Å². The summed E-state index contributed by atoms with van der Waals surface area (Å²) >= 11 is 0. The molecule has 5 heteroatoms. The first-order valence-electron chi connectivity index (χ1n) is 10.6. The van der Waals surface area contributed by atoms with Crippen LogP contribution in [0.15, 0.2) is 66.7 Å². The predicted octanol–water partition coefficient (Wildman–Crippen LogP) is 5.34. The van der Waals surface area contributed by atoms with Gasteiger partial charge in [-0.2, -0.15) is 5.10 Å². The lowest BCUT2D eigenvalue weighted by Gasteiger charge is -2.17. The van der Waals surface area contributed by atoms with Crippen LogP contribution in [-0.2, 0) is 12.8 Å². The average molecular weight is 412 g/mol. The summed E-state index contributed by atoms with van der Waals surface area (Å²) < 4.78 is 10.9. The monoisotopic (exact) mass is 411 g/mol. The van der Waals surface area contributed by atoms with Crippen molar-refractivity contribution in [1.29, 1.82) is 0 Å². The van der Waals surface area contributed by atoms with Gasteiger partial charge in [0, 0.05) is 28.8 Å². The summed E-state index contributed by atoms with van der Waals surface area (Å²) in [5.41, 5.74) is 4.76. The number of hydrogen-bond donors (Lipinski definition) is 1. The lowest BCUT2D eigenvalue weighted by Crippen LogP contribution is -2.10. The van der Waals surface area contributed by atoms with Crippen molar-refractivity contribution in [1.82, 2.24) is 10.2 Å². The number of rotatable bonds is 6. The van der Waals surface area contributed by atoms with E-state index in [1.165, 1.54) is 11.1 Å². The molecule has 1 atom stereocenters. The fourth-order valence-corrected chi connectivity index (χ4v) is 4.45. The summed E-state index contributed by atoms with van der Waals surface area (Å²) in [6.07, 6.45) is 2.79. The van der Waals surface area contributed by atoms with Crippen LogP contribution in [0.5, 0.6) is 11.5 Å². The molecule has 5 nitrogen and oxygen atoms in total. The second kappa shape index (κ2) is 8.26. The molecule has 0 saturated heterocycles. The van der Waals surface area contributed by atoms with Gasteiger partial charge in [-0.05, 0) is 30.0 Å². The molecule has 1 aromatic heterocycles. The summed E-state index contributed by atoms with van der Waals surface area (Å²) in [5.74, 6) is 2.39. The van der Waals surface area contributed by atoms with Gasteiger partial charge in [-0.25, -0.2) is 0 Å². The fourth-order valence-electron chi connectivity index (χ4n) is 4.45. The number of methoxy groups -OCH3 is 2. The maximum absolute atomic E-state index is 5.58. The van der Waals surface area contributed by atoms with E-state index in [9.17, 15) is 0 Å². The van der Waals surface area contributed by atoms with Crippen molar-refractivity contribution in [2.45, 2.75) is 25.3 Å². The molecule has 1 unspecified atom stereocenters. The Morgan fingerprint density at radius 3 is 2.55 bits per heavy atom. The Labute approximate surface area is 182 Å². The molecular weight excluding hydrogens is 386 g/mol. The van der Waals surface area contributed by atoms with Crippen LogP contribution in [0.4, 0.5) is 5.82 Å². The number of fused-ring (bicyclic) bond motifs is 2. The molecule has 1 N–H and O–H groups in total. The second-order valence-corrected chi connectivity index (χ2v) is 7.83. The summed E-state index contributed by atoms with van der Waals surface area (Å²) in [6.45, 7) is 0. The number of hydrogen-bond acceptors (Lipinski definition) is 5. The van der Waals surface area contributed by atoms with Gasteiger partial charge in [0.05, 0.1) is 26.0 Å². The maximum Gasteiger partial charge on any atom is 0.157 e. The number of aryl methyl sites for hydroxylation is 1. The van der Waals surface area contributed by atoms with E-state index in [4.69, 9.17) is 9.47 Å². The van der Waals surface area contributed by atoms with E-state index in [0.29, 0.717) is 6.42 Å². The number of nitrogens with one attached hydrogen (secondary N) is 1. The minimum atomic E-state index is 0.265. The third-order valence-corrected chi connectivity index (χ3v) is 6.06. The normalized spacial score (nSPS) is 15.0. The summed E-state index contributed by atoms with van der Waals surface area (Å²) in [7, 11) is 3.33. The molecule has 0 amide bonds. The van der Waals surface area contributed by atoms with E-state index in [0.717, 1.165) is 52.2 Å². The highest BCUT2D eigenvalue weighted by atomic mass is 16.5. The van der Waals surface area contributed by atoms with Gasteiger partial charge in [-0.15, -0.1) is 5.10 Å². The molecule has 3 aromatic carbocycles. The summed E-state index contributed by atoms with van der Waals surface area (Å²) in [5, 5.41) is 15.1. The van der Waals surface area contributed by atoms with Crippen molar-refractivity contribution >= 4 is 16.6 Å². The fraction of sp³-hybridized carbons (Fsp3) is 0.231. The minimum Gasteiger partial charge on any atom is -0.497 e. The number of anilines is 1. The highest BCUT2D eigenvalue weighted by molar-refractivity contribution is 5.93. The quantitative estimate of drug-likeness (QED) is 0.464. The smallest absolute Gasteiger partial charge is 0.157 e. The molecule has 4 aromatic rings. The Balaban J connectivity index is 1.49. The second-order valence-electron chi connectivity index (χ2n) is 7.83. The van der Waals surface area contributed by atoms with Crippen LogP contribution < -0.4 is 14.8 Å². The van der Waals surface area contributed by atoms with Crippen LogP contribution in [0.1, 0.15) is 34.8 Å². The third kappa shape index (κ3) is 3.67. The van der Waals surface area contributed by atoms with E-state index >= 15 is 0 Å². The number of ether oxygens (including phenoxy) is 2. The van der Waals surface area contributed by atoms with Gasteiger partial charge in [-0.1, -0.05) is 54.6 Å². The standard InChI is InChI=1S/C26H25N3O2/c1-30-19-13-11-18(25(16-19)31-2)15-24-21-9-5-6-10-22(21)26(29-28-24)27-23-14-12-17-7-3-4-8-20(17)23/h3-11,13,16,23H,12,14-15H2,1-2H3,(H,27,29). The number of aromatic nitrogens is 2. The highest BCUT2D eigenvalue weighted by Gasteiger charge is 2.23. The Kier molecular flexibility index (Phi) is 5.16. The van der Waals surface area contributed by atoms with Gasteiger partial charge in [0.25, 0.3) is 0 Å². The van der Waals surface area contributed by atoms with Crippen molar-refractivity contribution in [2.24, 2.45) is 0 Å². The highest BCUT2D eigenvalue weighted by Crippen LogP contribution is 2.35. The van der Waals surface area contributed by atoms with Gasteiger partial charge in [0.15, 0.2) is 5.82 Å². The van der Waals surface area contributed by atoms with Gasteiger partial charge >= 0.3 is 0 Å². The summed E-state index contributed by atoms with van der Waals surface area (Å²) in [4.78, 5) is 0. The molecule has 1 aliphatic rings. The SMILES string of the molecule is COc1ccc(Cc2nnc(NC3CCc4ccccc43)c3ccccc23)c(OC)c1. The summed E-state index contributed by atoms with van der Waals surface area (Å²) in [6, 6.07) is 23.1. The van der Waals surface area contributed by atoms with Crippen LogP contribution in [-0.4, -0.2) is 24.4 Å². The predicted molar refractivity (Wildman–Crippen MR) is 123 cm³/mol. The molecule has 0 spiro atoms. The van der Waals surface area contributed by atoms with E-state index in [2.05, 4.69) is 58.0 Å². The van der Waals surface area contributed by atoms with Crippen molar-refractivity contribution in [3.63, 3.8) is 0 Å². The Bertz CT molecular complexity index is 1240. The third-order valence-electron chi connectivity index (χ3n) is 6.06. The Morgan fingerprint density at radius 2 is 1.71 bits per heavy atom. The van der Waals surface area contributed by atoms with E-state index in [-0.39, 0.29) is 6.04 Å². The Morgan fingerprint density at radius 1 is 0.903 bits per heavy atom. The molecule has 0 radical (unpaired) electrons. The first-order chi connectivity index (χ1) is 15.3. The van der Waals surface area contributed by atoms with Gasteiger partial charge < -0.3 is 14.8 Å². The van der Waals surface area contributed by atoms with Crippen LogP contribution in [0.3, 0.4) is 0 Å². The number of benzene rings is 3. The molecule has 0 fully saturated rings. The van der Waals surface area contributed by atoms with Gasteiger partial charge in [0.1, 0.15) is 11.5 Å². The molecule has 0 bridgehead atoms. The van der Waals surface area contributed by atoms with Crippen molar-refractivity contribution < 1.29 is 9.47 Å². The topological polar surface area (TPSA) is 56.3 Å². The molecule has 1 aliphatic carbocycles. The lowest BCUT2D eigenvalue weighted by atomic mass is 10.0. The van der Waals surface area contributed by atoms with E-state index in [1.807, 2.05) is 24.3 Å². The maximum atomic E-state index is 5.58. The first-order valence-corrected chi connectivity index (χ1v) is 10.6. The van der Waals surface area contributed by atoms with Crippen LogP contribution in [0.2, 0.25) is 0 Å². The molecule has 156 valence electrons. The van der Waals surface area contributed by atoms with Crippen LogP contribution in [0, 0.1) is 0 Å². The zero-order chi connectivity index (χ0) is 21.2. The molecule has 0 aliphatic heterocycles. The lowest BCUT2D eigenvalue weighted by molar-refractivity contribution is 0.391. The van der Waals surface area contributed by atoms with E-state index < -0.39 is 0 Å². The van der Waals surface area contributed by atoms with Crippen molar-refractivity contribution in [3.05, 3.63) is 89.1 Å². The molecule has 1 heterocycles. The zero-order valence-corrected chi connectivity index (χ0v) is 17.8. The molecule has 5 rings (SSSR count). The van der Waals surface area contributed by atoms with Gasteiger partial charge in [-0.3, -0.25) is 0 Å². The first kappa shape index (κ1) is 19.4. The van der Waals surface area contributed by atoms with Crippen LogP contribution in [0.25, 0.3) is 10.8 Å². The van der Waals surface area contributed by atoms with Crippen molar-refractivity contribution in [2.75, 3.05) is 19.5 Å². The largest absolute Gasteiger partial charge is 0.497 e. The molecular formula is C26H25N3O2. The number of nitrogens with zero attached hydrogens (tertiary/aromatic N) is 2. The average Bonchev–Trinajstić information content (AvgIpc) is 3.23. The minimum absolute atomic E-state index is 0.265. The Hall–Kier alpha value is -3.60. The van der Waals surface area contributed by atoms with Crippen LogP contribution >= 0.6 is 0 Å². The molecule has 31 heavy (non-hydrogen) atoms.